The number of pyridine rings is 1. The van der Waals surface area contributed by atoms with Crippen molar-refractivity contribution in [1.29, 1.82) is 0 Å². The lowest BCUT2D eigenvalue weighted by atomic mass is 9.88. The molecule has 0 amide bonds. The molecular formula is C17H22N4O3. The number of aromatic nitrogens is 3. The molecule has 1 saturated heterocycles. The Morgan fingerprint density at radius 2 is 2.17 bits per heavy atom. The molecule has 0 unspecified atom stereocenters. The average molecular weight is 330 g/mol. The SMILES string of the molecule is Cc1cccc(CN2CC[C@@](C)(O)[C@H](n3ccc(=O)[nH]c3=O)C2)n1. The van der Waals surface area contributed by atoms with E-state index in [2.05, 4.69) is 14.9 Å². The largest absolute Gasteiger partial charge is 0.388 e. The average Bonchev–Trinajstić information content (AvgIpc) is 2.50. The van der Waals surface area contributed by atoms with E-state index in [-0.39, 0.29) is 0 Å². The molecule has 1 fully saturated rings. The lowest BCUT2D eigenvalue weighted by Gasteiger charge is -2.43. The van der Waals surface area contributed by atoms with Crippen molar-refractivity contribution < 1.29 is 5.11 Å². The Morgan fingerprint density at radius 1 is 1.38 bits per heavy atom. The van der Waals surface area contributed by atoms with Crippen LogP contribution in [0.25, 0.3) is 0 Å². The molecular weight excluding hydrogens is 308 g/mol. The Labute approximate surface area is 139 Å². The van der Waals surface area contributed by atoms with Gasteiger partial charge in [-0.3, -0.25) is 24.2 Å². The summed E-state index contributed by atoms with van der Waals surface area (Å²) in [6.07, 6.45) is 1.99. The number of likely N-dealkylation sites (tertiary alicyclic amines) is 1. The highest BCUT2D eigenvalue weighted by atomic mass is 16.3. The second-order valence-corrected chi connectivity index (χ2v) is 6.65. The zero-order chi connectivity index (χ0) is 17.3. The number of piperidine rings is 1. The number of aliphatic hydroxyl groups is 1. The summed E-state index contributed by atoms with van der Waals surface area (Å²) in [6, 6.07) is 6.77. The molecule has 0 spiro atoms. The summed E-state index contributed by atoms with van der Waals surface area (Å²) in [5.74, 6) is 0. The highest BCUT2D eigenvalue weighted by molar-refractivity contribution is 5.10. The van der Waals surface area contributed by atoms with Crippen LogP contribution in [0.1, 0.15) is 30.8 Å². The summed E-state index contributed by atoms with van der Waals surface area (Å²) in [5, 5.41) is 10.7. The molecule has 2 atom stereocenters. The molecule has 2 aromatic rings. The Morgan fingerprint density at radius 3 is 2.88 bits per heavy atom. The van der Waals surface area contributed by atoms with Crippen LogP contribution in [0.5, 0.6) is 0 Å². The Kier molecular flexibility index (Phi) is 4.38. The van der Waals surface area contributed by atoms with Gasteiger partial charge in [0.25, 0.3) is 5.56 Å². The summed E-state index contributed by atoms with van der Waals surface area (Å²) in [4.78, 5) is 32.3. The van der Waals surface area contributed by atoms with Crippen LogP contribution in [-0.4, -0.2) is 43.2 Å². The number of rotatable bonds is 3. The van der Waals surface area contributed by atoms with Gasteiger partial charge in [0, 0.05) is 37.6 Å². The zero-order valence-electron chi connectivity index (χ0n) is 13.9. The first-order valence-electron chi connectivity index (χ1n) is 8.04. The van der Waals surface area contributed by atoms with Gasteiger partial charge >= 0.3 is 5.69 Å². The van der Waals surface area contributed by atoms with Crippen LogP contribution in [-0.2, 0) is 6.54 Å². The van der Waals surface area contributed by atoms with E-state index < -0.39 is 22.9 Å². The molecule has 3 rings (SSSR count). The molecule has 3 heterocycles. The molecule has 0 aromatic carbocycles. The van der Waals surface area contributed by atoms with Gasteiger partial charge in [-0.25, -0.2) is 4.79 Å². The van der Waals surface area contributed by atoms with Gasteiger partial charge in [0.15, 0.2) is 0 Å². The number of hydrogen-bond acceptors (Lipinski definition) is 5. The molecule has 0 aliphatic carbocycles. The highest BCUT2D eigenvalue weighted by Crippen LogP contribution is 2.31. The lowest BCUT2D eigenvalue weighted by molar-refractivity contribution is -0.0544. The molecule has 7 heteroatoms. The monoisotopic (exact) mass is 330 g/mol. The molecule has 2 N–H and O–H groups in total. The van der Waals surface area contributed by atoms with Gasteiger partial charge in [-0.05, 0) is 32.4 Å². The van der Waals surface area contributed by atoms with Gasteiger partial charge in [-0.2, -0.15) is 0 Å². The molecule has 24 heavy (non-hydrogen) atoms. The second-order valence-electron chi connectivity index (χ2n) is 6.65. The molecule has 128 valence electrons. The van der Waals surface area contributed by atoms with Gasteiger partial charge in [-0.15, -0.1) is 0 Å². The van der Waals surface area contributed by atoms with Crippen molar-refractivity contribution in [2.24, 2.45) is 0 Å². The fourth-order valence-electron chi connectivity index (χ4n) is 3.20. The second kappa shape index (κ2) is 6.33. The minimum absolute atomic E-state index is 0.430. The zero-order valence-corrected chi connectivity index (χ0v) is 13.9. The van der Waals surface area contributed by atoms with Crippen molar-refractivity contribution in [2.45, 2.75) is 38.5 Å². The van der Waals surface area contributed by atoms with Crippen molar-refractivity contribution in [1.82, 2.24) is 19.4 Å². The minimum Gasteiger partial charge on any atom is -0.388 e. The predicted octanol–water partition coefficient (Wildman–Crippen LogP) is 0.438. The Bertz CT molecular complexity index is 840. The molecule has 0 bridgehead atoms. The summed E-state index contributed by atoms with van der Waals surface area (Å²) >= 11 is 0. The van der Waals surface area contributed by atoms with Crippen LogP contribution in [0.3, 0.4) is 0 Å². The van der Waals surface area contributed by atoms with Crippen molar-refractivity contribution >= 4 is 0 Å². The fourth-order valence-corrected chi connectivity index (χ4v) is 3.20. The minimum atomic E-state index is -1.02. The first kappa shape index (κ1) is 16.6. The van der Waals surface area contributed by atoms with Crippen molar-refractivity contribution in [3.8, 4) is 0 Å². The number of aryl methyl sites for hydroxylation is 1. The summed E-state index contributed by atoms with van der Waals surface area (Å²) < 4.78 is 1.41. The maximum Gasteiger partial charge on any atom is 0.328 e. The number of hydrogen-bond donors (Lipinski definition) is 2. The van der Waals surface area contributed by atoms with Crippen LogP contribution in [0.4, 0.5) is 0 Å². The van der Waals surface area contributed by atoms with Crippen LogP contribution in [0.15, 0.2) is 40.1 Å². The standard InChI is InChI=1S/C17H22N4O3/c1-12-4-3-5-13(18-12)10-20-9-7-17(2,24)14(11-20)21-8-6-15(22)19-16(21)23/h3-6,8,14,24H,7,9-11H2,1-2H3,(H,19,22,23)/t14-,17-/m1/s1. The molecule has 1 aliphatic heterocycles. The van der Waals surface area contributed by atoms with Gasteiger partial charge < -0.3 is 5.11 Å². The van der Waals surface area contributed by atoms with Crippen LogP contribution < -0.4 is 11.2 Å². The van der Waals surface area contributed by atoms with Gasteiger partial charge in [0.2, 0.25) is 0 Å². The molecule has 0 radical (unpaired) electrons. The highest BCUT2D eigenvalue weighted by Gasteiger charge is 2.39. The van der Waals surface area contributed by atoms with Crippen LogP contribution >= 0.6 is 0 Å². The normalized spacial score (nSPS) is 24.9. The molecule has 2 aromatic heterocycles. The lowest BCUT2D eigenvalue weighted by Crippen LogP contribution is -2.53. The van der Waals surface area contributed by atoms with Crippen molar-refractivity contribution in [3.05, 3.63) is 62.7 Å². The van der Waals surface area contributed by atoms with E-state index in [9.17, 15) is 14.7 Å². The quantitative estimate of drug-likeness (QED) is 0.852. The van der Waals surface area contributed by atoms with E-state index in [4.69, 9.17) is 0 Å². The van der Waals surface area contributed by atoms with E-state index in [0.717, 1.165) is 17.9 Å². The number of aromatic amines is 1. The van der Waals surface area contributed by atoms with Crippen molar-refractivity contribution in [3.63, 3.8) is 0 Å². The third-order valence-electron chi connectivity index (χ3n) is 4.60. The predicted molar refractivity (Wildman–Crippen MR) is 89.9 cm³/mol. The van der Waals surface area contributed by atoms with E-state index in [0.29, 0.717) is 19.5 Å². The van der Waals surface area contributed by atoms with Gasteiger partial charge in [0.05, 0.1) is 17.3 Å². The fraction of sp³-hybridized carbons (Fsp3) is 0.471. The topological polar surface area (TPSA) is 91.2 Å². The molecule has 1 aliphatic rings. The summed E-state index contributed by atoms with van der Waals surface area (Å²) in [6.45, 7) is 5.57. The first-order chi connectivity index (χ1) is 11.3. The number of nitrogens with one attached hydrogen (secondary N) is 1. The third kappa shape index (κ3) is 3.47. The summed E-state index contributed by atoms with van der Waals surface area (Å²) in [7, 11) is 0. The molecule has 7 nitrogen and oxygen atoms in total. The van der Waals surface area contributed by atoms with E-state index in [1.54, 1.807) is 6.92 Å². The smallest absolute Gasteiger partial charge is 0.328 e. The number of nitrogens with zero attached hydrogens (tertiary/aromatic N) is 3. The number of H-pyrrole nitrogens is 1. The Hall–Kier alpha value is -2.25. The molecule has 0 saturated carbocycles. The van der Waals surface area contributed by atoms with Crippen molar-refractivity contribution in [2.75, 3.05) is 13.1 Å². The first-order valence-corrected chi connectivity index (χ1v) is 8.04. The maximum atomic E-state index is 12.1. The third-order valence-corrected chi connectivity index (χ3v) is 4.60. The van der Waals surface area contributed by atoms with Crippen LogP contribution in [0, 0.1) is 6.92 Å². The maximum absolute atomic E-state index is 12.1. The Balaban J connectivity index is 1.84. The van der Waals surface area contributed by atoms with E-state index in [1.807, 2.05) is 25.1 Å². The van der Waals surface area contributed by atoms with Gasteiger partial charge in [0.1, 0.15) is 0 Å². The van der Waals surface area contributed by atoms with Crippen LogP contribution in [0.2, 0.25) is 0 Å². The van der Waals surface area contributed by atoms with Gasteiger partial charge in [-0.1, -0.05) is 6.07 Å². The van der Waals surface area contributed by atoms with E-state index in [1.165, 1.54) is 16.8 Å². The summed E-state index contributed by atoms with van der Waals surface area (Å²) in [5.41, 5.74) is -0.0247. The van der Waals surface area contributed by atoms with E-state index >= 15 is 0 Å².